The molecule has 3 heterocycles. The Kier molecular flexibility index (Phi) is 5.00. The molecule has 0 radical (unpaired) electrons. The first-order chi connectivity index (χ1) is 15.8. The van der Waals surface area contributed by atoms with Crippen molar-refractivity contribution in [3.05, 3.63) is 88.4 Å². The third-order valence-electron chi connectivity index (χ3n) is 5.84. The van der Waals surface area contributed by atoms with Crippen molar-refractivity contribution in [2.45, 2.75) is 25.8 Å². The van der Waals surface area contributed by atoms with Crippen LogP contribution in [0.2, 0.25) is 0 Å². The number of ether oxygens (including phenoxy) is 1. The molecule has 168 valence electrons. The predicted molar refractivity (Wildman–Crippen MR) is 115 cm³/mol. The zero-order valence-electron chi connectivity index (χ0n) is 17.6. The van der Waals surface area contributed by atoms with E-state index < -0.39 is 29.4 Å². The number of carbonyl (C=O) groups is 2. The number of hydrogen-bond donors (Lipinski definition) is 1. The largest absolute Gasteiger partial charge is 0.507 e. The average Bonchev–Trinajstić information content (AvgIpc) is 3.35. The molecule has 5 rings (SSSR count). The van der Waals surface area contributed by atoms with Crippen LogP contribution in [0, 0.1) is 18.6 Å². The second-order valence-corrected chi connectivity index (χ2v) is 7.99. The number of aryl methyl sites for hydroxylation is 2. The van der Waals surface area contributed by atoms with Crippen LogP contribution in [-0.4, -0.2) is 23.4 Å². The molecule has 1 fully saturated rings. The van der Waals surface area contributed by atoms with Gasteiger partial charge in [-0.3, -0.25) is 14.5 Å². The Bertz CT molecular complexity index is 1330. The van der Waals surface area contributed by atoms with Crippen LogP contribution in [0.5, 0.6) is 5.75 Å². The molecule has 1 saturated heterocycles. The Balaban J connectivity index is 1.69. The summed E-state index contributed by atoms with van der Waals surface area (Å²) in [5.41, 5.74) is 0.991. The highest BCUT2D eigenvalue weighted by molar-refractivity contribution is 6.51. The van der Waals surface area contributed by atoms with Crippen LogP contribution in [0.25, 0.3) is 5.76 Å². The van der Waals surface area contributed by atoms with E-state index in [0.717, 1.165) is 35.4 Å². The van der Waals surface area contributed by atoms with Crippen molar-refractivity contribution in [3.8, 4) is 5.75 Å². The maximum atomic E-state index is 14.0. The van der Waals surface area contributed by atoms with Crippen molar-refractivity contribution in [2.24, 2.45) is 0 Å². The number of fused-ring (bicyclic) bond motifs is 1. The lowest BCUT2D eigenvalue weighted by molar-refractivity contribution is -0.132. The van der Waals surface area contributed by atoms with Crippen molar-refractivity contribution < 1.29 is 32.6 Å². The zero-order valence-corrected chi connectivity index (χ0v) is 17.6. The van der Waals surface area contributed by atoms with Crippen LogP contribution in [0.3, 0.4) is 0 Å². The van der Waals surface area contributed by atoms with Crippen molar-refractivity contribution in [3.63, 3.8) is 0 Å². The first-order valence-electron chi connectivity index (χ1n) is 10.4. The van der Waals surface area contributed by atoms with E-state index in [-0.39, 0.29) is 22.8 Å². The third kappa shape index (κ3) is 3.47. The quantitative estimate of drug-likeness (QED) is 0.351. The Morgan fingerprint density at radius 2 is 1.88 bits per heavy atom. The SMILES string of the molecule is Cc1ccc(C2/C(=C(/O)c3ccc4c(c3)CCCO4)C(=O)C(=O)N2c2ccc(F)c(F)c2)o1. The van der Waals surface area contributed by atoms with E-state index in [1.807, 2.05) is 0 Å². The van der Waals surface area contributed by atoms with Crippen molar-refractivity contribution in [2.75, 3.05) is 11.5 Å². The van der Waals surface area contributed by atoms with Crippen LogP contribution in [-0.2, 0) is 16.0 Å². The van der Waals surface area contributed by atoms with Crippen molar-refractivity contribution in [1.29, 1.82) is 0 Å². The topological polar surface area (TPSA) is 80.0 Å². The fraction of sp³-hybridized carbons (Fsp3) is 0.200. The number of aliphatic hydroxyl groups is 1. The minimum absolute atomic E-state index is 0.0343. The predicted octanol–water partition coefficient (Wildman–Crippen LogP) is 4.82. The van der Waals surface area contributed by atoms with Gasteiger partial charge < -0.3 is 14.3 Å². The smallest absolute Gasteiger partial charge is 0.300 e. The lowest BCUT2D eigenvalue weighted by Crippen LogP contribution is -2.29. The van der Waals surface area contributed by atoms with Crippen LogP contribution in [0.15, 0.2) is 58.5 Å². The number of rotatable bonds is 3. The molecule has 0 bridgehead atoms. The van der Waals surface area contributed by atoms with Crippen molar-refractivity contribution in [1.82, 2.24) is 0 Å². The lowest BCUT2D eigenvalue weighted by atomic mass is 9.96. The number of ketones is 1. The standard InChI is InChI=1S/C25H19F2NO5/c1-13-4-8-20(33-13)22-21(23(29)15-5-9-19-14(11-15)3-2-10-32-19)24(30)25(31)28(22)16-6-7-17(26)18(27)12-16/h4-9,11-12,22,29H,2-3,10H2,1H3/b23-21-. The lowest BCUT2D eigenvalue weighted by Gasteiger charge is -2.23. The van der Waals surface area contributed by atoms with Gasteiger partial charge in [0.2, 0.25) is 0 Å². The molecule has 1 N–H and O–H groups in total. The average molecular weight is 451 g/mol. The van der Waals surface area contributed by atoms with Gasteiger partial charge in [0.1, 0.15) is 29.1 Å². The van der Waals surface area contributed by atoms with Gasteiger partial charge in [-0.25, -0.2) is 8.78 Å². The molecule has 6 nitrogen and oxygen atoms in total. The first kappa shape index (κ1) is 20.9. The van der Waals surface area contributed by atoms with E-state index in [9.17, 15) is 23.5 Å². The Morgan fingerprint density at radius 1 is 1.06 bits per heavy atom. The van der Waals surface area contributed by atoms with Gasteiger partial charge in [-0.1, -0.05) is 0 Å². The number of hydrogen-bond acceptors (Lipinski definition) is 5. The third-order valence-corrected chi connectivity index (χ3v) is 5.84. The highest BCUT2D eigenvalue weighted by Crippen LogP contribution is 2.43. The van der Waals surface area contributed by atoms with Gasteiger partial charge in [0, 0.05) is 17.3 Å². The molecule has 8 heteroatoms. The van der Waals surface area contributed by atoms with E-state index in [4.69, 9.17) is 9.15 Å². The summed E-state index contributed by atoms with van der Waals surface area (Å²) in [6.45, 7) is 2.30. The van der Waals surface area contributed by atoms with Gasteiger partial charge in [-0.2, -0.15) is 0 Å². The molecule has 33 heavy (non-hydrogen) atoms. The molecule has 1 atom stereocenters. The summed E-state index contributed by atoms with van der Waals surface area (Å²) >= 11 is 0. The van der Waals surface area contributed by atoms with Crippen molar-refractivity contribution >= 4 is 23.1 Å². The highest BCUT2D eigenvalue weighted by atomic mass is 19.2. The number of amides is 1. The number of benzene rings is 2. The van der Waals surface area contributed by atoms with E-state index in [2.05, 4.69) is 0 Å². The van der Waals surface area contributed by atoms with Crippen LogP contribution >= 0.6 is 0 Å². The fourth-order valence-electron chi connectivity index (χ4n) is 4.27. The minimum Gasteiger partial charge on any atom is -0.507 e. The number of nitrogens with zero attached hydrogens (tertiary/aromatic N) is 1. The maximum Gasteiger partial charge on any atom is 0.300 e. The van der Waals surface area contributed by atoms with Crippen LogP contribution < -0.4 is 9.64 Å². The van der Waals surface area contributed by atoms with Gasteiger partial charge in [0.25, 0.3) is 11.7 Å². The molecule has 2 aromatic carbocycles. The molecule has 1 unspecified atom stereocenters. The fourth-order valence-corrected chi connectivity index (χ4v) is 4.27. The van der Waals surface area contributed by atoms with Crippen LogP contribution in [0.4, 0.5) is 14.5 Å². The second kappa shape index (κ2) is 7.88. The Morgan fingerprint density at radius 3 is 2.61 bits per heavy atom. The van der Waals surface area contributed by atoms with E-state index in [1.54, 1.807) is 37.3 Å². The summed E-state index contributed by atoms with van der Waals surface area (Å²) in [7, 11) is 0. The van der Waals surface area contributed by atoms with Gasteiger partial charge in [-0.15, -0.1) is 0 Å². The van der Waals surface area contributed by atoms with Gasteiger partial charge in [0.15, 0.2) is 11.6 Å². The Hall–Kier alpha value is -3.94. The minimum atomic E-state index is -1.17. The van der Waals surface area contributed by atoms with Gasteiger partial charge in [0.05, 0.1) is 12.2 Å². The number of carbonyl (C=O) groups excluding carboxylic acids is 2. The molecule has 2 aliphatic heterocycles. The van der Waals surface area contributed by atoms with Gasteiger partial charge >= 0.3 is 0 Å². The Labute approximate surface area is 187 Å². The molecule has 2 aliphatic rings. The number of Topliss-reactive ketones (excluding diaryl/α,β-unsaturated/α-hetero) is 1. The highest BCUT2D eigenvalue weighted by Gasteiger charge is 2.48. The number of halogens is 2. The molecular weight excluding hydrogens is 432 g/mol. The van der Waals surface area contributed by atoms with Gasteiger partial charge in [-0.05, 0) is 67.8 Å². The molecule has 0 spiro atoms. The second-order valence-electron chi connectivity index (χ2n) is 7.99. The van der Waals surface area contributed by atoms with E-state index >= 15 is 0 Å². The normalized spacial score (nSPS) is 19.5. The maximum absolute atomic E-state index is 14.0. The molecule has 0 saturated carbocycles. The summed E-state index contributed by atoms with van der Waals surface area (Å²) in [5.74, 6) is -3.14. The summed E-state index contributed by atoms with van der Waals surface area (Å²) in [4.78, 5) is 27.1. The summed E-state index contributed by atoms with van der Waals surface area (Å²) in [6, 6.07) is 10.0. The first-order valence-corrected chi connectivity index (χ1v) is 10.4. The number of furan rings is 1. The molecule has 3 aromatic rings. The summed E-state index contributed by atoms with van der Waals surface area (Å²) in [5, 5.41) is 11.2. The molecule has 1 aromatic heterocycles. The summed E-state index contributed by atoms with van der Waals surface area (Å²) < 4.78 is 38.8. The monoisotopic (exact) mass is 451 g/mol. The summed E-state index contributed by atoms with van der Waals surface area (Å²) in [6.07, 6.45) is 1.57. The number of aliphatic hydroxyl groups excluding tert-OH is 1. The van der Waals surface area contributed by atoms with E-state index in [1.165, 1.54) is 6.07 Å². The zero-order chi connectivity index (χ0) is 23.3. The molecular formula is C25H19F2NO5. The number of anilines is 1. The van der Waals surface area contributed by atoms with Crippen LogP contribution in [0.1, 0.15) is 35.1 Å². The molecule has 0 aliphatic carbocycles. The molecule has 1 amide bonds. The van der Waals surface area contributed by atoms with E-state index in [0.29, 0.717) is 23.7 Å².